The van der Waals surface area contributed by atoms with E-state index in [1.54, 1.807) is 11.3 Å². The lowest BCUT2D eigenvalue weighted by atomic mass is 9.86. The van der Waals surface area contributed by atoms with Crippen molar-refractivity contribution in [1.29, 1.82) is 0 Å². The molecule has 0 radical (unpaired) electrons. The number of hydrogen-bond acceptors (Lipinski definition) is 2. The van der Waals surface area contributed by atoms with Crippen molar-refractivity contribution in [3.05, 3.63) is 20.8 Å². The molecule has 1 saturated carbocycles. The van der Waals surface area contributed by atoms with Crippen LogP contribution in [0, 0.1) is 5.92 Å². The summed E-state index contributed by atoms with van der Waals surface area (Å²) in [6, 6.07) is 2.17. The molecule has 1 heterocycles. The number of carbonyl (C=O) groups excluding carboxylic acids is 1. The van der Waals surface area contributed by atoms with Gasteiger partial charge in [-0.05, 0) is 47.2 Å². The molecule has 1 unspecified atom stereocenters. The molecule has 0 aromatic carbocycles. The quantitative estimate of drug-likeness (QED) is 0.800. The van der Waals surface area contributed by atoms with E-state index in [0.29, 0.717) is 11.7 Å². The fraction of sp³-hybridized carbons (Fsp3) is 0.545. The number of rotatable bonds is 2. The molecular weight excluding hydrogens is 260 g/mol. The number of halogens is 1. The number of thiophene rings is 1. The Kier molecular flexibility index (Phi) is 3.39. The second kappa shape index (κ2) is 4.58. The Morgan fingerprint density at radius 1 is 1.57 bits per heavy atom. The third-order valence-corrected chi connectivity index (χ3v) is 4.42. The molecule has 1 aromatic rings. The molecule has 14 heavy (non-hydrogen) atoms. The minimum atomic E-state index is 0.455. The molecule has 3 heteroatoms. The Hall–Kier alpha value is -0.150. The van der Waals surface area contributed by atoms with E-state index in [1.165, 1.54) is 15.8 Å². The first-order chi connectivity index (χ1) is 6.74. The summed E-state index contributed by atoms with van der Waals surface area (Å²) < 4.78 is 1.17. The third kappa shape index (κ3) is 2.67. The van der Waals surface area contributed by atoms with Crippen LogP contribution in [0.4, 0.5) is 0 Å². The SMILES string of the molecule is O=C1CCCC(Cc2cc(Br)cs2)C1. The van der Waals surface area contributed by atoms with Crippen molar-refractivity contribution in [1.82, 2.24) is 0 Å². The van der Waals surface area contributed by atoms with Crippen molar-refractivity contribution in [2.75, 3.05) is 0 Å². The topological polar surface area (TPSA) is 17.1 Å². The number of hydrogen-bond donors (Lipinski definition) is 0. The summed E-state index contributed by atoms with van der Waals surface area (Å²) in [5, 5.41) is 2.11. The smallest absolute Gasteiger partial charge is 0.133 e. The van der Waals surface area contributed by atoms with Crippen molar-refractivity contribution < 1.29 is 4.79 Å². The van der Waals surface area contributed by atoms with Gasteiger partial charge in [0.05, 0.1) is 0 Å². The van der Waals surface area contributed by atoms with Crippen LogP contribution in [0.3, 0.4) is 0 Å². The van der Waals surface area contributed by atoms with Gasteiger partial charge in [-0.25, -0.2) is 0 Å². The highest BCUT2D eigenvalue weighted by Crippen LogP contribution is 2.28. The van der Waals surface area contributed by atoms with Crippen LogP contribution in [0.5, 0.6) is 0 Å². The molecule has 1 aliphatic rings. The summed E-state index contributed by atoms with van der Waals surface area (Å²) >= 11 is 5.24. The molecule has 1 atom stereocenters. The summed E-state index contributed by atoms with van der Waals surface area (Å²) in [5.41, 5.74) is 0. The summed E-state index contributed by atoms with van der Waals surface area (Å²) in [6.45, 7) is 0. The van der Waals surface area contributed by atoms with Gasteiger partial charge < -0.3 is 0 Å². The van der Waals surface area contributed by atoms with Crippen LogP contribution in [-0.4, -0.2) is 5.78 Å². The minimum absolute atomic E-state index is 0.455. The minimum Gasteiger partial charge on any atom is -0.300 e. The van der Waals surface area contributed by atoms with E-state index in [9.17, 15) is 4.79 Å². The fourth-order valence-electron chi connectivity index (χ4n) is 2.03. The standard InChI is InChI=1S/C11H13BrOS/c12-9-6-11(14-7-9)5-8-2-1-3-10(13)4-8/h6-8H,1-5H2. The van der Waals surface area contributed by atoms with Crippen molar-refractivity contribution in [3.8, 4) is 0 Å². The molecule has 0 N–H and O–H groups in total. The van der Waals surface area contributed by atoms with E-state index in [4.69, 9.17) is 0 Å². The summed E-state index contributed by atoms with van der Waals surface area (Å²) in [6.07, 6.45) is 5.01. The van der Waals surface area contributed by atoms with Crippen molar-refractivity contribution in [2.24, 2.45) is 5.92 Å². The lowest BCUT2D eigenvalue weighted by molar-refractivity contribution is -0.121. The fourth-order valence-corrected chi connectivity index (χ4v) is 3.60. The Labute approximate surface area is 96.6 Å². The van der Waals surface area contributed by atoms with E-state index >= 15 is 0 Å². The van der Waals surface area contributed by atoms with Crippen molar-refractivity contribution in [2.45, 2.75) is 32.1 Å². The third-order valence-electron chi connectivity index (χ3n) is 2.70. The predicted octanol–water partition coefficient (Wildman–Crippen LogP) is 3.81. The van der Waals surface area contributed by atoms with Gasteiger partial charge >= 0.3 is 0 Å². The van der Waals surface area contributed by atoms with Gasteiger partial charge in [0.15, 0.2) is 0 Å². The summed E-state index contributed by atoms with van der Waals surface area (Å²) in [4.78, 5) is 12.7. The van der Waals surface area contributed by atoms with Gasteiger partial charge in [0.2, 0.25) is 0 Å². The van der Waals surface area contributed by atoms with Gasteiger partial charge in [0.25, 0.3) is 0 Å². The number of ketones is 1. The molecule has 0 aliphatic heterocycles. The van der Waals surface area contributed by atoms with Crippen molar-refractivity contribution >= 4 is 33.0 Å². The normalized spacial score (nSPS) is 22.6. The van der Waals surface area contributed by atoms with E-state index in [1.807, 2.05) is 0 Å². The van der Waals surface area contributed by atoms with Gasteiger partial charge in [0.1, 0.15) is 5.78 Å². The van der Waals surface area contributed by atoms with Gasteiger partial charge in [-0.1, -0.05) is 0 Å². The number of Topliss-reactive ketones (excluding diaryl/α,β-unsaturated/α-hetero) is 1. The van der Waals surface area contributed by atoms with Crippen LogP contribution < -0.4 is 0 Å². The Morgan fingerprint density at radius 2 is 2.43 bits per heavy atom. The van der Waals surface area contributed by atoms with E-state index in [-0.39, 0.29) is 0 Å². The maximum atomic E-state index is 11.3. The van der Waals surface area contributed by atoms with Crippen LogP contribution in [0.2, 0.25) is 0 Å². The second-order valence-corrected chi connectivity index (χ2v) is 5.85. The number of carbonyl (C=O) groups is 1. The maximum absolute atomic E-state index is 11.3. The molecule has 76 valence electrons. The van der Waals surface area contributed by atoms with Crippen LogP contribution >= 0.6 is 27.3 Å². The molecule has 0 saturated heterocycles. The Bertz CT molecular complexity index is 332. The average molecular weight is 273 g/mol. The molecule has 0 bridgehead atoms. The highest BCUT2D eigenvalue weighted by molar-refractivity contribution is 9.10. The molecular formula is C11H13BrOS. The lowest BCUT2D eigenvalue weighted by Crippen LogP contribution is -2.16. The molecule has 1 nitrogen and oxygen atoms in total. The molecule has 1 aliphatic carbocycles. The van der Waals surface area contributed by atoms with Gasteiger partial charge in [0, 0.05) is 27.6 Å². The molecule has 1 fully saturated rings. The molecule has 0 amide bonds. The zero-order valence-corrected chi connectivity index (χ0v) is 10.4. The summed E-state index contributed by atoms with van der Waals surface area (Å²) in [7, 11) is 0. The van der Waals surface area contributed by atoms with Gasteiger partial charge in [-0.3, -0.25) is 4.79 Å². The van der Waals surface area contributed by atoms with E-state index < -0.39 is 0 Å². The highest BCUT2D eigenvalue weighted by Gasteiger charge is 2.19. The predicted molar refractivity (Wildman–Crippen MR) is 62.7 cm³/mol. The second-order valence-electron chi connectivity index (χ2n) is 3.94. The summed E-state index contributed by atoms with van der Waals surface area (Å²) in [5.74, 6) is 1.05. The molecule has 2 rings (SSSR count). The van der Waals surface area contributed by atoms with Crippen LogP contribution in [0.1, 0.15) is 30.6 Å². The maximum Gasteiger partial charge on any atom is 0.133 e. The zero-order valence-electron chi connectivity index (χ0n) is 7.96. The van der Waals surface area contributed by atoms with Crippen molar-refractivity contribution in [3.63, 3.8) is 0 Å². The van der Waals surface area contributed by atoms with E-state index in [2.05, 4.69) is 27.4 Å². The largest absolute Gasteiger partial charge is 0.300 e. The Balaban J connectivity index is 1.93. The Morgan fingerprint density at radius 3 is 3.07 bits per heavy atom. The zero-order chi connectivity index (χ0) is 9.97. The van der Waals surface area contributed by atoms with Gasteiger partial charge in [-0.2, -0.15) is 0 Å². The lowest BCUT2D eigenvalue weighted by Gasteiger charge is -2.19. The monoisotopic (exact) mass is 272 g/mol. The van der Waals surface area contributed by atoms with Crippen LogP contribution in [-0.2, 0) is 11.2 Å². The highest BCUT2D eigenvalue weighted by atomic mass is 79.9. The first-order valence-corrected chi connectivity index (χ1v) is 6.66. The van der Waals surface area contributed by atoms with Crippen LogP contribution in [0.25, 0.3) is 0 Å². The average Bonchev–Trinajstić information content (AvgIpc) is 2.51. The molecule has 0 spiro atoms. The molecule has 1 aromatic heterocycles. The first kappa shape index (κ1) is 10.4. The van der Waals surface area contributed by atoms with Gasteiger partial charge in [-0.15, -0.1) is 11.3 Å². The van der Waals surface area contributed by atoms with E-state index in [0.717, 1.165) is 25.7 Å². The first-order valence-electron chi connectivity index (χ1n) is 4.98. The van der Waals surface area contributed by atoms with Crippen LogP contribution in [0.15, 0.2) is 15.9 Å².